The third-order valence-corrected chi connectivity index (χ3v) is 5.42. The van der Waals surface area contributed by atoms with Crippen molar-refractivity contribution in [1.82, 2.24) is 5.32 Å². The average Bonchev–Trinajstić information content (AvgIpc) is 2.86. The molecule has 176 valence electrons. The van der Waals surface area contributed by atoms with Crippen molar-refractivity contribution in [1.29, 1.82) is 10.5 Å². The zero-order valence-electron chi connectivity index (χ0n) is 19.6. The van der Waals surface area contributed by atoms with Crippen molar-refractivity contribution in [3.8, 4) is 12.1 Å². The number of nitriles is 2. The fraction of sp³-hybridized carbons (Fsp3) is 0.214. The minimum Gasteiger partial charge on any atom is -0.461 e. The van der Waals surface area contributed by atoms with Gasteiger partial charge in [0.2, 0.25) is 0 Å². The van der Waals surface area contributed by atoms with Crippen LogP contribution in [0.5, 0.6) is 0 Å². The SMILES string of the molecule is CC1=C(C(=O)OCC=Cc2ccccc2)C(c2cccc(C#N)c2)C(C(=O)OCCC#N)=C(C)N1. The van der Waals surface area contributed by atoms with Crippen LogP contribution < -0.4 is 5.32 Å². The van der Waals surface area contributed by atoms with Gasteiger partial charge in [-0.15, -0.1) is 0 Å². The molecular formula is C28H25N3O4. The largest absolute Gasteiger partial charge is 0.461 e. The molecule has 1 atom stereocenters. The Kier molecular flexibility index (Phi) is 8.59. The van der Waals surface area contributed by atoms with Crippen LogP contribution >= 0.6 is 0 Å². The quantitative estimate of drug-likeness (QED) is 0.449. The van der Waals surface area contributed by atoms with E-state index >= 15 is 0 Å². The van der Waals surface area contributed by atoms with E-state index in [-0.39, 0.29) is 30.8 Å². The van der Waals surface area contributed by atoms with E-state index in [0.717, 1.165) is 5.56 Å². The number of esters is 2. The highest BCUT2D eigenvalue weighted by Crippen LogP contribution is 2.39. The number of hydrogen-bond acceptors (Lipinski definition) is 7. The monoisotopic (exact) mass is 467 g/mol. The molecular weight excluding hydrogens is 442 g/mol. The van der Waals surface area contributed by atoms with Crippen molar-refractivity contribution in [3.63, 3.8) is 0 Å². The number of nitrogens with one attached hydrogen (secondary N) is 1. The zero-order valence-corrected chi connectivity index (χ0v) is 19.6. The molecule has 0 aliphatic carbocycles. The molecule has 0 saturated carbocycles. The number of carbonyl (C=O) groups excluding carboxylic acids is 2. The Bertz CT molecular complexity index is 1280. The smallest absolute Gasteiger partial charge is 0.337 e. The Morgan fingerprint density at radius 1 is 0.971 bits per heavy atom. The van der Waals surface area contributed by atoms with E-state index in [1.165, 1.54) is 0 Å². The van der Waals surface area contributed by atoms with Crippen LogP contribution in [0.2, 0.25) is 0 Å². The highest BCUT2D eigenvalue weighted by molar-refractivity contribution is 6.00. The molecule has 7 heteroatoms. The maximum Gasteiger partial charge on any atom is 0.337 e. The number of nitrogens with zero attached hydrogens (tertiary/aromatic N) is 2. The van der Waals surface area contributed by atoms with Gasteiger partial charge in [-0.05, 0) is 43.2 Å². The lowest BCUT2D eigenvalue weighted by Gasteiger charge is -2.30. The summed E-state index contributed by atoms with van der Waals surface area (Å²) in [6.45, 7) is 3.43. The number of hydrogen-bond donors (Lipinski definition) is 1. The number of carbonyl (C=O) groups is 2. The van der Waals surface area contributed by atoms with Crippen LogP contribution in [-0.2, 0) is 19.1 Å². The number of ether oxygens (including phenoxy) is 2. The van der Waals surface area contributed by atoms with Gasteiger partial charge in [0.05, 0.1) is 41.2 Å². The summed E-state index contributed by atoms with van der Waals surface area (Å²) in [5.74, 6) is -2.03. The number of allylic oxidation sites excluding steroid dienone is 2. The first-order valence-electron chi connectivity index (χ1n) is 11.1. The van der Waals surface area contributed by atoms with E-state index in [1.807, 2.05) is 42.5 Å². The van der Waals surface area contributed by atoms with Gasteiger partial charge < -0.3 is 14.8 Å². The molecule has 0 bridgehead atoms. The first-order chi connectivity index (χ1) is 17.0. The second-order valence-corrected chi connectivity index (χ2v) is 7.83. The number of rotatable bonds is 8. The van der Waals surface area contributed by atoms with Crippen molar-refractivity contribution in [2.75, 3.05) is 13.2 Å². The molecule has 0 amide bonds. The Balaban J connectivity index is 1.92. The Morgan fingerprint density at radius 2 is 1.66 bits per heavy atom. The number of dihydropyridines is 1. The first kappa shape index (κ1) is 25.0. The van der Waals surface area contributed by atoms with Crippen LogP contribution in [0.15, 0.2) is 83.2 Å². The lowest BCUT2D eigenvalue weighted by atomic mass is 9.80. The highest BCUT2D eigenvalue weighted by Gasteiger charge is 2.38. The van der Waals surface area contributed by atoms with Crippen LogP contribution in [0.1, 0.15) is 42.9 Å². The predicted molar refractivity (Wildman–Crippen MR) is 130 cm³/mol. The summed E-state index contributed by atoms with van der Waals surface area (Å²) in [4.78, 5) is 26.3. The van der Waals surface area contributed by atoms with Crippen LogP contribution in [-0.4, -0.2) is 25.2 Å². The third kappa shape index (κ3) is 6.25. The molecule has 2 aromatic rings. The van der Waals surface area contributed by atoms with E-state index in [1.54, 1.807) is 44.2 Å². The van der Waals surface area contributed by atoms with Gasteiger partial charge in [-0.3, -0.25) is 0 Å². The molecule has 0 fully saturated rings. The van der Waals surface area contributed by atoms with Gasteiger partial charge in [0.1, 0.15) is 13.2 Å². The first-order valence-corrected chi connectivity index (χ1v) is 11.1. The predicted octanol–water partition coefficient (Wildman–Crippen LogP) is 4.51. The van der Waals surface area contributed by atoms with Crippen molar-refractivity contribution in [2.24, 2.45) is 0 Å². The summed E-state index contributed by atoms with van der Waals surface area (Å²) in [7, 11) is 0. The number of benzene rings is 2. The van der Waals surface area contributed by atoms with Crippen molar-refractivity contribution < 1.29 is 19.1 Å². The molecule has 0 radical (unpaired) electrons. The lowest BCUT2D eigenvalue weighted by Crippen LogP contribution is -2.32. The van der Waals surface area contributed by atoms with Gasteiger partial charge in [0.25, 0.3) is 0 Å². The fourth-order valence-electron chi connectivity index (χ4n) is 3.87. The topological polar surface area (TPSA) is 112 Å². The van der Waals surface area contributed by atoms with Crippen molar-refractivity contribution in [2.45, 2.75) is 26.2 Å². The van der Waals surface area contributed by atoms with Gasteiger partial charge in [-0.1, -0.05) is 48.5 Å². The molecule has 2 aromatic carbocycles. The van der Waals surface area contributed by atoms with Gasteiger partial charge in [0.15, 0.2) is 0 Å². The van der Waals surface area contributed by atoms with Crippen LogP contribution in [0.25, 0.3) is 6.08 Å². The van der Waals surface area contributed by atoms with E-state index in [4.69, 9.17) is 14.7 Å². The Labute approximate surface area is 204 Å². The minimum atomic E-state index is -0.801. The summed E-state index contributed by atoms with van der Waals surface area (Å²) >= 11 is 0. The van der Waals surface area contributed by atoms with Crippen LogP contribution in [0, 0.1) is 22.7 Å². The Hall–Kier alpha value is -4.62. The van der Waals surface area contributed by atoms with E-state index in [0.29, 0.717) is 22.5 Å². The van der Waals surface area contributed by atoms with E-state index in [2.05, 4.69) is 11.4 Å². The second kappa shape index (κ2) is 12.0. The molecule has 1 aliphatic heterocycles. The molecule has 35 heavy (non-hydrogen) atoms. The minimum absolute atomic E-state index is 0.0418. The fourth-order valence-corrected chi connectivity index (χ4v) is 3.87. The zero-order chi connectivity index (χ0) is 25.2. The molecule has 7 nitrogen and oxygen atoms in total. The van der Waals surface area contributed by atoms with E-state index < -0.39 is 17.9 Å². The lowest BCUT2D eigenvalue weighted by molar-refractivity contribution is -0.139. The summed E-state index contributed by atoms with van der Waals surface area (Å²) in [5, 5.41) is 21.3. The van der Waals surface area contributed by atoms with Gasteiger partial charge >= 0.3 is 11.9 Å². The molecule has 1 N–H and O–H groups in total. The summed E-state index contributed by atoms with van der Waals surface area (Å²) in [5.41, 5.74) is 3.51. The van der Waals surface area contributed by atoms with E-state index in [9.17, 15) is 14.9 Å². The molecule has 1 heterocycles. The molecule has 1 unspecified atom stereocenters. The van der Waals surface area contributed by atoms with Crippen molar-refractivity contribution in [3.05, 3.63) is 99.9 Å². The van der Waals surface area contributed by atoms with Gasteiger partial charge in [-0.2, -0.15) is 10.5 Å². The molecule has 1 aliphatic rings. The van der Waals surface area contributed by atoms with Crippen molar-refractivity contribution >= 4 is 18.0 Å². The maximum atomic E-state index is 13.3. The summed E-state index contributed by atoms with van der Waals surface area (Å²) in [6.07, 6.45) is 3.64. The van der Waals surface area contributed by atoms with Crippen LogP contribution in [0.4, 0.5) is 0 Å². The molecule has 0 spiro atoms. The highest BCUT2D eigenvalue weighted by atomic mass is 16.5. The summed E-state index contributed by atoms with van der Waals surface area (Å²) in [6, 6.07) is 20.4. The standard InChI is InChI=1S/C28H25N3O4/c1-19-24(27(32)34-15-7-12-21-9-4-3-5-10-21)26(23-13-6-11-22(17-23)18-30)25(20(2)31-19)28(33)35-16-8-14-29/h3-7,9-13,17,26,31H,8,15-16H2,1-2H3. The summed E-state index contributed by atoms with van der Waals surface area (Å²) < 4.78 is 10.8. The molecule has 0 aromatic heterocycles. The Morgan fingerprint density at radius 3 is 2.31 bits per heavy atom. The second-order valence-electron chi connectivity index (χ2n) is 7.83. The molecule has 0 saturated heterocycles. The molecule has 3 rings (SSSR count). The van der Waals surface area contributed by atoms with Crippen LogP contribution in [0.3, 0.4) is 0 Å². The normalized spacial score (nSPS) is 15.3. The average molecular weight is 468 g/mol. The maximum absolute atomic E-state index is 13.3. The third-order valence-electron chi connectivity index (χ3n) is 5.42. The van der Waals surface area contributed by atoms with Gasteiger partial charge in [-0.25, -0.2) is 9.59 Å². The van der Waals surface area contributed by atoms with Gasteiger partial charge in [0, 0.05) is 11.4 Å².